The standard InChI is InChI=1S/C17H15N5O2/c23-16-3-1-2-12-8-13(4-5-14(12)21-16)24-17-9-15(19-10-20-17)22-7-6-18-11-22/h4-11H,1-3H2,(H,21,23). The summed E-state index contributed by atoms with van der Waals surface area (Å²) in [6.45, 7) is 0. The summed E-state index contributed by atoms with van der Waals surface area (Å²) in [5, 5.41) is 2.91. The molecular formula is C17H15N5O2. The van der Waals surface area contributed by atoms with Crippen LogP contribution in [0.2, 0.25) is 0 Å². The number of imidazole rings is 1. The van der Waals surface area contributed by atoms with E-state index in [2.05, 4.69) is 20.3 Å². The molecule has 0 aliphatic carbocycles. The fourth-order valence-corrected chi connectivity index (χ4v) is 2.66. The van der Waals surface area contributed by atoms with Gasteiger partial charge in [0.25, 0.3) is 0 Å². The van der Waals surface area contributed by atoms with Gasteiger partial charge in [0.2, 0.25) is 11.8 Å². The number of hydrogen-bond donors (Lipinski definition) is 1. The highest BCUT2D eigenvalue weighted by molar-refractivity contribution is 5.92. The third-order valence-corrected chi connectivity index (χ3v) is 3.82. The Kier molecular flexibility index (Phi) is 3.66. The number of carbonyl (C=O) groups excluding carboxylic acids is 1. The van der Waals surface area contributed by atoms with Crippen LogP contribution in [-0.4, -0.2) is 25.4 Å². The SMILES string of the molecule is O=C1CCCc2cc(Oc3cc(-n4ccnc4)ncn3)ccc2N1. The molecule has 1 N–H and O–H groups in total. The smallest absolute Gasteiger partial charge is 0.224 e. The summed E-state index contributed by atoms with van der Waals surface area (Å²) in [7, 11) is 0. The van der Waals surface area contributed by atoms with Gasteiger partial charge in [0, 0.05) is 30.6 Å². The molecule has 1 aromatic carbocycles. The highest BCUT2D eigenvalue weighted by Gasteiger charge is 2.14. The number of nitrogens with zero attached hydrogens (tertiary/aromatic N) is 4. The van der Waals surface area contributed by atoms with E-state index >= 15 is 0 Å². The molecule has 1 amide bonds. The minimum atomic E-state index is 0.0585. The van der Waals surface area contributed by atoms with Crippen LogP contribution in [0, 0.1) is 0 Å². The first-order chi connectivity index (χ1) is 11.8. The van der Waals surface area contributed by atoms with Crippen molar-refractivity contribution >= 4 is 11.6 Å². The van der Waals surface area contributed by atoms with Crippen LogP contribution >= 0.6 is 0 Å². The summed E-state index contributed by atoms with van der Waals surface area (Å²) >= 11 is 0. The van der Waals surface area contributed by atoms with E-state index in [-0.39, 0.29) is 5.91 Å². The number of rotatable bonds is 3. The first-order valence-electron chi connectivity index (χ1n) is 7.69. The van der Waals surface area contributed by atoms with E-state index in [1.54, 1.807) is 29.4 Å². The van der Waals surface area contributed by atoms with E-state index in [1.165, 1.54) is 6.33 Å². The number of carbonyl (C=O) groups is 1. The summed E-state index contributed by atoms with van der Waals surface area (Å²) in [6, 6.07) is 7.38. The third-order valence-electron chi connectivity index (χ3n) is 3.82. The van der Waals surface area contributed by atoms with Gasteiger partial charge in [0.15, 0.2) is 0 Å². The number of benzene rings is 1. The molecule has 7 heteroatoms. The van der Waals surface area contributed by atoms with Crippen molar-refractivity contribution in [1.82, 2.24) is 19.5 Å². The minimum Gasteiger partial charge on any atom is -0.439 e. The number of aryl methyl sites for hydroxylation is 1. The molecule has 0 unspecified atom stereocenters. The fourth-order valence-electron chi connectivity index (χ4n) is 2.66. The molecule has 3 aromatic rings. The highest BCUT2D eigenvalue weighted by Crippen LogP contribution is 2.28. The van der Waals surface area contributed by atoms with E-state index in [9.17, 15) is 4.79 Å². The summed E-state index contributed by atoms with van der Waals surface area (Å²) in [4.78, 5) is 24.0. The van der Waals surface area contributed by atoms with Crippen molar-refractivity contribution < 1.29 is 9.53 Å². The molecule has 2 aromatic heterocycles. The molecule has 0 saturated carbocycles. The van der Waals surface area contributed by atoms with Crippen molar-refractivity contribution in [2.75, 3.05) is 5.32 Å². The van der Waals surface area contributed by atoms with Crippen molar-refractivity contribution in [2.45, 2.75) is 19.3 Å². The van der Waals surface area contributed by atoms with E-state index in [1.807, 2.05) is 18.2 Å². The topological polar surface area (TPSA) is 81.9 Å². The number of aromatic nitrogens is 4. The van der Waals surface area contributed by atoms with Gasteiger partial charge in [-0.1, -0.05) is 0 Å². The Balaban J connectivity index is 1.59. The first-order valence-corrected chi connectivity index (χ1v) is 7.69. The third kappa shape index (κ3) is 2.96. The molecule has 1 aliphatic heterocycles. The molecule has 120 valence electrons. The molecule has 0 fully saturated rings. The summed E-state index contributed by atoms with van der Waals surface area (Å²) in [6.07, 6.45) is 8.83. The molecule has 0 saturated heterocycles. The second-order valence-electron chi connectivity index (χ2n) is 5.51. The molecule has 3 heterocycles. The fraction of sp³-hybridized carbons (Fsp3) is 0.176. The Hall–Kier alpha value is -3.22. The second kappa shape index (κ2) is 6.11. The van der Waals surface area contributed by atoms with Crippen LogP contribution in [0.25, 0.3) is 5.82 Å². The lowest BCUT2D eigenvalue weighted by Crippen LogP contribution is -2.09. The van der Waals surface area contributed by atoms with Gasteiger partial charge in [-0.3, -0.25) is 9.36 Å². The Morgan fingerprint density at radius 2 is 2.12 bits per heavy atom. The second-order valence-corrected chi connectivity index (χ2v) is 5.51. The number of anilines is 1. The van der Waals surface area contributed by atoms with Gasteiger partial charge in [0.05, 0.1) is 0 Å². The van der Waals surface area contributed by atoms with Crippen LogP contribution in [0.5, 0.6) is 11.6 Å². The molecule has 0 spiro atoms. The Morgan fingerprint density at radius 3 is 3.00 bits per heavy atom. The normalized spacial score (nSPS) is 13.8. The van der Waals surface area contributed by atoms with Crippen LogP contribution in [0.4, 0.5) is 5.69 Å². The Labute approximate surface area is 138 Å². The molecule has 7 nitrogen and oxygen atoms in total. The lowest BCUT2D eigenvalue weighted by molar-refractivity contribution is -0.116. The number of nitrogens with one attached hydrogen (secondary N) is 1. The number of amides is 1. The van der Waals surface area contributed by atoms with Crippen molar-refractivity contribution in [3.63, 3.8) is 0 Å². The average Bonchev–Trinajstić information content (AvgIpc) is 3.05. The summed E-state index contributed by atoms with van der Waals surface area (Å²) in [5.41, 5.74) is 1.92. The average molecular weight is 321 g/mol. The maximum atomic E-state index is 11.6. The van der Waals surface area contributed by atoms with E-state index in [0.29, 0.717) is 23.9 Å². The van der Waals surface area contributed by atoms with Crippen LogP contribution < -0.4 is 10.1 Å². The molecule has 1 aliphatic rings. The monoisotopic (exact) mass is 321 g/mol. The molecule has 0 radical (unpaired) electrons. The predicted molar refractivity (Wildman–Crippen MR) is 87.2 cm³/mol. The minimum absolute atomic E-state index is 0.0585. The first kappa shape index (κ1) is 14.4. The van der Waals surface area contributed by atoms with Gasteiger partial charge in [-0.05, 0) is 36.6 Å². The van der Waals surface area contributed by atoms with Crippen LogP contribution in [0.1, 0.15) is 18.4 Å². The molecule has 24 heavy (non-hydrogen) atoms. The molecule has 0 atom stereocenters. The summed E-state index contributed by atoms with van der Waals surface area (Å²) < 4.78 is 7.63. The number of fused-ring (bicyclic) bond motifs is 1. The quantitative estimate of drug-likeness (QED) is 0.802. The lowest BCUT2D eigenvalue weighted by Gasteiger charge is -2.10. The molecule has 0 bridgehead atoms. The Bertz CT molecular complexity index is 876. The summed E-state index contributed by atoms with van der Waals surface area (Å²) in [5.74, 6) is 1.87. The molecular weight excluding hydrogens is 306 g/mol. The molecule has 4 rings (SSSR count). The van der Waals surface area contributed by atoms with Crippen molar-refractivity contribution in [1.29, 1.82) is 0 Å². The van der Waals surface area contributed by atoms with E-state index < -0.39 is 0 Å². The lowest BCUT2D eigenvalue weighted by atomic mass is 10.1. The zero-order valence-corrected chi connectivity index (χ0v) is 12.8. The Morgan fingerprint density at radius 1 is 1.17 bits per heavy atom. The number of hydrogen-bond acceptors (Lipinski definition) is 5. The van der Waals surface area contributed by atoms with Crippen molar-refractivity contribution in [3.05, 3.63) is 54.9 Å². The van der Waals surface area contributed by atoms with Crippen LogP contribution in [-0.2, 0) is 11.2 Å². The van der Waals surface area contributed by atoms with Gasteiger partial charge in [0.1, 0.15) is 24.2 Å². The van der Waals surface area contributed by atoms with Gasteiger partial charge in [-0.15, -0.1) is 0 Å². The van der Waals surface area contributed by atoms with Crippen LogP contribution in [0.3, 0.4) is 0 Å². The van der Waals surface area contributed by atoms with Gasteiger partial charge in [-0.25, -0.2) is 15.0 Å². The largest absolute Gasteiger partial charge is 0.439 e. The van der Waals surface area contributed by atoms with Gasteiger partial charge in [-0.2, -0.15) is 0 Å². The number of ether oxygens (including phenoxy) is 1. The van der Waals surface area contributed by atoms with E-state index in [4.69, 9.17) is 4.74 Å². The maximum absolute atomic E-state index is 11.6. The van der Waals surface area contributed by atoms with E-state index in [0.717, 1.165) is 24.1 Å². The highest BCUT2D eigenvalue weighted by atomic mass is 16.5. The zero-order chi connectivity index (χ0) is 16.4. The maximum Gasteiger partial charge on any atom is 0.224 e. The van der Waals surface area contributed by atoms with Crippen molar-refractivity contribution in [3.8, 4) is 17.4 Å². The van der Waals surface area contributed by atoms with Crippen molar-refractivity contribution in [2.24, 2.45) is 0 Å². The zero-order valence-electron chi connectivity index (χ0n) is 12.8. The predicted octanol–water partition coefficient (Wildman–Crippen LogP) is 2.73. The van der Waals surface area contributed by atoms with Crippen LogP contribution in [0.15, 0.2) is 49.3 Å². The van der Waals surface area contributed by atoms with Gasteiger partial charge >= 0.3 is 0 Å². The van der Waals surface area contributed by atoms with Gasteiger partial charge < -0.3 is 10.1 Å².